The highest BCUT2D eigenvalue weighted by Gasteiger charge is 2.05. The molecule has 0 fully saturated rings. The first-order valence-corrected chi connectivity index (χ1v) is 4.37. The monoisotopic (exact) mass is 160 g/mol. The lowest BCUT2D eigenvalue weighted by Crippen LogP contribution is -2.02. The second-order valence-corrected chi connectivity index (χ2v) is 2.92. The van der Waals surface area contributed by atoms with Gasteiger partial charge < -0.3 is 5.11 Å². The summed E-state index contributed by atoms with van der Waals surface area (Å²) in [6.07, 6.45) is 1.89. The van der Waals surface area contributed by atoms with Crippen molar-refractivity contribution in [1.29, 1.82) is 0 Å². The Hall–Kier alpha value is -0.440. The number of carbonyl (C=O) groups excluding carboxylic acids is 1. The van der Waals surface area contributed by atoms with Crippen molar-refractivity contribution in [1.82, 2.24) is 0 Å². The number of allylic oxidation sites excluding steroid dienone is 1. The largest absolute Gasteiger partial charge is 0.512 e. The quantitative estimate of drug-likeness (QED) is 0.505. The Morgan fingerprint density at radius 3 is 2.10 bits per heavy atom. The summed E-state index contributed by atoms with van der Waals surface area (Å²) in [4.78, 5) is 10.7. The molecule has 0 spiro atoms. The van der Waals surface area contributed by atoms with Crippen LogP contribution in [0.15, 0.2) is 11.3 Å². The van der Waals surface area contributed by atoms with Gasteiger partial charge in [0, 0.05) is 11.3 Å². The van der Waals surface area contributed by atoms with E-state index in [1.165, 1.54) is 25.6 Å². The fourth-order valence-corrected chi connectivity index (χ4v) is 1.31. The van der Waals surface area contributed by atoms with Gasteiger partial charge in [-0.25, -0.2) is 0 Å². The van der Waals surface area contributed by atoms with Gasteiger partial charge in [-0.3, -0.25) is 4.79 Å². The van der Waals surface area contributed by atoms with Gasteiger partial charge in [0.05, 0.1) is 5.76 Å². The van der Waals surface area contributed by atoms with Gasteiger partial charge in [-0.15, -0.1) is 0 Å². The van der Waals surface area contributed by atoms with Crippen LogP contribution in [0.25, 0.3) is 0 Å². The standard InChI is InChI=1S/C7H12O2S/c1-5(8)7(4-10-3)6(2)9/h8H,4H2,1-3H3/b7-5-. The van der Waals surface area contributed by atoms with Gasteiger partial charge in [-0.2, -0.15) is 11.8 Å². The van der Waals surface area contributed by atoms with Crippen molar-refractivity contribution in [2.45, 2.75) is 13.8 Å². The van der Waals surface area contributed by atoms with E-state index in [9.17, 15) is 4.79 Å². The summed E-state index contributed by atoms with van der Waals surface area (Å²) in [5.74, 6) is 0.689. The Morgan fingerprint density at radius 2 is 2.00 bits per heavy atom. The zero-order chi connectivity index (χ0) is 8.15. The van der Waals surface area contributed by atoms with Crippen molar-refractivity contribution >= 4 is 17.5 Å². The fraction of sp³-hybridized carbons (Fsp3) is 0.571. The molecule has 0 aliphatic heterocycles. The molecule has 0 aliphatic carbocycles. The normalized spacial score (nSPS) is 12.7. The maximum absolute atomic E-state index is 10.7. The number of rotatable bonds is 3. The highest BCUT2D eigenvalue weighted by Crippen LogP contribution is 2.08. The summed E-state index contributed by atoms with van der Waals surface area (Å²) in [6.45, 7) is 3.00. The van der Waals surface area contributed by atoms with Crippen LogP contribution in [-0.2, 0) is 4.79 Å². The van der Waals surface area contributed by atoms with Gasteiger partial charge in [0.1, 0.15) is 0 Å². The van der Waals surface area contributed by atoms with Gasteiger partial charge in [-0.1, -0.05) is 0 Å². The van der Waals surface area contributed by atoms with Gasteiger partial charge in [0.2, 0.25) is 0 Å². The van der Waals surface area contributed by atoms with E-state index in [4.69, 9.17) is 5.11 Å². The molecule has 3 heteroatoms. The van der Waals surface area contributed by atoms with E-state index in [-0.39, 0.29) is 11.5 Å². The minimum atomic E-state index is -0.0469. The Kier molecular flexibility index (Phi) is 4.19. The molecule has 2 nitrogen and oxygen atoms in total. The van der Waals surface area contributed by atoms with E-state index < -0.39 is 0 Å². The Balaban J connectivity index is 4.28. The lowest BCUT2D eigenvalue weighted by molar-refractivity contribution is -0.113. The van der Waals surface area contributed by atoms with Gasteiger partial charge >= 0.3 is 0 Å². The molecule has 1 N–H and O–H groups in total. The highest BCUT2D eigenvalue weighted by molar-refractivity contribution is 7.98. The Labute approximate surface area is 65.3 Å². The fourth-order valence-electron chi connectivity index (χ4n) is 0.605. The molecular weight excluding hydrogens is 148 g/mol. The van der Waals surface area contributed by atoms with Crippen molar-refractivity contribution in [2.24, 2.45) is 0 Å². The number of Topliss-reactive ketones (excluding diaryl/α,β-unsaturated/α-hetero) is 1. The molecule has 0 aliphatic rings. The third-order valence-electron chi connectivity index (χ3n) is 1.15. The topological polar surface area (TPSA) is 37.3 Å². The molecule has 0 heterocycles. The average Bonchev–Trinajstić information content (AvgIpc) is 1.81. The van der Waals surface area contributed by atoms with Crippen LogP contribution in [0.5, 0.6) is 0 Å². The number of thioether (sulfide) groups is 1. The minimum Gasteiger partial charge on any atom is -0.512 e. The molecule has 58 valence electrons. The van der Waals surface area contributed by atoms with Crippen LogP contribution in [0.1, 0.15) is 13.8 Å². The van der Waals surface area contributed by atoms with Crippen molar-refractivity contribution in [3.63, 3.8) is 0 Å². The van der Waals surface area contributed by atoms with Gasteiger partial charge in [0.25, 0.3) is 0 Å². The molecule has 0 saturated heterocycles. The van der Waals surface area contributed by atoms with Crippen LogP contribution in [0.4, 0.5) is 0 Å². The van der Waals surface area contributed by atoms with Crippen LogP contribution >= 0.6 is 11.8 Å². The molecule has 0 saturated carbocycles. The summed E-state index contributed by atoms with van der Waals surface area (Å²) in [5, 5.41) is 8.96. The van der Waals surface area contributed by atoms with Crippen molar-refractivity contribution in [2.75, 3.05) is 12.0 Å². The number of aliphatic hydroxyl groups is 1. The van der Waals surface area contributed by atoms with Crippen LogP contribution in [0.2, 0.25) is 0 Å². The molecule has 0 aromatic heterocycles. The summed E-state index contributed by atoms with van der Waals surface area (Å²) in [7, 11) is 0. The molecule has 0 rings (SSSR count). The van der Waals surface area contributed by atoms with E-state index in [1.54, 1.807) is 0 Å². The zero-order valence-electron chi connectivity index (χ0n) is 6.47. The number of carbonyl (C=O) groups is 1. The van der Waals surface area contributed by atoms with E-state index in [1.807, 2.05) is 6.26 Å². The third kappa shape index (κ3) is 2.92. The Morgan fingerprint density at radius 1 is 1.50 bits per heavy atom. The van der Waals surface area contributed by atoms with Crippen molar-refractivity contribution in [3.8, 4) is 0 Å². The number of aliphatic hydroxyl groups excluding tert-OH is 1. The molecule has 0 radical (unpaired) electrons. The molecule has 0 atom stereocenters. The highest BCUT2D eigenvalue weighted by atomic mass is 32.2. The first-order valence-electron chi connectivity index (χ1n) is 2.98. The second-order valence-electron chi connectivity index (χ2n) is 2.05. The lowest BCUT2D eigenvalue weighted by atomic mass is 10.2. The summed E-state index contributed by atoms with van der Waals surface area (Å²) < 4.78 is 0. The van der Waals surface area contributed by atoms with Crippen molar-refractivity contribution < 1.29 is 9.90 Å². The first-order chi connectivity index (χ1) is 4.59. The SMILES string of the molecule is CSC/C(C(C)=O)=C(\C)O. The molecule has 0 bridgehead atoms. The van der Waals surface area contributed by atoms with Crippen LogP contribution in [0.3, 0.4) is 0 Å². The number of hydrogen-bond donors (Lipinski definition) is 1. The zero-order valence-corrected chi connectivity index (χ0v) is 7.29. The second kappa shape index (κ2) is 4.39. The molecular formula is C7H12O2S. The molecule has 0 aromatic carbocycles. The van der Waals surface area contributed by atoms with E-state index in [2.05, 4.69) is 0 Å². The van der Waals surface area contributed by atoms with E-state index in [0.717, 1.165) is 0 Å². The third-order valence-corrected chi connectivity index (χ3v) is 1.73. The van der Waals surface area contributed by atoms with Crippen molar-refractivity contribution in [3.05, 3.63) is 11.3 Å². The summed E-state index contributed by atoms with van der Waals surface area (Å²) >= 11 is 1.53. The number of hydrogen-bond acceptors (Lipinski definition) is 3. The predicted molar refractivity (Wildman–Crippen MR) is 44.4 cm³/mol. The predicted octanol–water partition coefficient (Wildman–Crippen LogP) is 1.77. The molecule has 0 unspecified atom stereocenters. The van der Waals surface area contributed by atoms with Crippen LogP contribution in [-0.4, -0.2) is 22.9 Å². The van der Waals surface area contributed by atoms with Crippen LogP contribution in [0, 0.1) is 0 Å². The number of ketones is 1. The Bertz CT molecular complexity index is 157. The molecule has 10 heavy (non-hydrogen) atoms. The molecule has 0 amide bonds. The maximum Gasteiger partial charge on any atom is 0.159 e. The first kappa shape index (κ1) is 9.56. The summed E-state index contributed by atoms with van der Waals surface area (Å²) in [6, 6.07) is 0. The maximum atomic E-state index is 10.7. The summed E-state index contributed by atoms with van der Waals surface area (Å²) in [5.41, 5.74) is 0.521. The van der Waals surface area contributed by atoms with Crippen LogP contribution < -0.4 is 0 Å². The average molecular weight is 160 g/mol. The minimum absolute atomic E-state index is 0.0469. The smallest absolute Gasteiger partial charge is 0.159 e. The van der Waals surface area contributed by atoms with E-state index >= 15 is 0 Å². The lowest BCUT2D eigenvalue weighted by Gasteiger charge is -2.00. The van der Waals surface area contributed by atoms with Gasteiger partial charge in [-0.05, 0) is 20.1 Å². The van der Waals surface area contributed by atoms with Gasteiger partial charge in [0.15, 0.2) is 5.78 Å². The van der Waals surface area contributed by atoms with E-state index in [0.29, 0.717) is 11.3 Å². The molecule has 0 aromatic rings.